The molecule has 0 N–H and O–H groups in total. The molecule has 0 unspecified atom stereocenters. The lowest BCUT2D eigenvalue weighted by Crippen LogP contribution is -2.43. The molecule has 1 aromatic rings. The van der Waals surface area contributed by atoms with Gasteiger partial charge in [0.1, 0.15) is 0 Å². The van der Waals surface area contributed by atoms with Crippen LogP contribution in [0, 0.1) is 0 Å². The molecular weight excluding hydrogens is 336 g/mol. The van der Waals surface area contributed by atoms with Gasteiger partial charge >= 0.3 is 0 Å². The van der Waals surface area contributed by atoms with Crippen LogP contribution in [-0.2, 0) is 10.0 Å². The molecule has 1 atom stereocenters. The monoisotopic (exact) mass is 364 g/mol. The maximum atomic E-state index is 13.2. The number of benzene rings is 1. The van der Waals surface area contributed by atoms with E-state index in [9.17, 15) is 13.2 Å². The number of hydrogen-bond acceptors (Lipinski definition) is 3. The third kappa shape index (κ3) is 3.90. The highest BCUT2D eigenvalue weighted by atomic mass is 32.2. The largest absolute Gasteiger partial charge is 0.339 e. The summed E-state index contributed by atoms with van der Waals surface area (Å²) in [5, 5.41) is 0. The van der Waals surface area contributed by atoms with Gasteiger partial charge in [-0.15, -0.1) is 0 Å². The third-order valence-corrected chi connectivity index (χ3v) is 7.41. The van der Waals surface area contributed by atoms with Crippen LogP contribution in [0.4, 0.5) is 0 Å². The van der Waals surface area contributed by atoms with Crippen molar-refractivity contribution < 1.29 is 13.2 Å². The van der Waals surface area contributed by atoms with Crippen molar-refractivity contribution >= 4 is 15.9 Å². The summed E-state index contributed by atoms with van der Waals surface area (Å²) in [4.78, 5) is 15.0. The number of rotatable bonds is 3. The molecule has 2 heterocycles. The first-order valence-corrected chi connectivity index (χ1v) is 10.9. The van der Waals surface area contributed by atoms with E-state index < -0.39 is 10.0 Å². The van der Waals surface area contributed by atoms with Gasteiger partial charge in [-0.2, -0.15) is 4.31 Å². The Morgan fingerprint density at radius 3 is 2.28 bits per heavy atom. The summed E-state index contributed by atoms with van der Waals surface area (Å²) in [6, 6.07) is 6.70. The fourth-order valence-corrected chi connectivity index (χ4v) is 5.75. The van der Waals surface area contributed by atoms with Gasteiger partial charge in [0.05, 0.1) is 10.5 Å². The minimum Gasteiger partial charge on any atom is -0.339 e. The quantitative estimate of drug-likeness (QED) is 0.827. The number of hydrogen-bond donors (Lipinski definition) is 0. The van der Waals surface area contributed by atoms with Crippen molar-refractivity contribution in [1.29, 1.82) is 0 Å². The van der Waals surface area contributed by atoms with Crippen molar-refractivity contribution in [2.24, 2.45) is 0 Å². The fourth-order valence-electron chi connectivity index (χ4n) is 3.87. The second-order valence-corrected chi connectivity index (χ2v) is 9.02. The molecule has 2 aliphatic heterocycles. The van der Waals surface area contributed by atoms with E-state index in [1.807, 2.05) is 11.8 Å². The van der Waals surface area contributed by atoms with Gasteiger partial charge in [-0.25, -0.2) is 8.42 Å². The molecule has 3 rings (SSSR count). The SMILES string of the molecule is C[C@@H]1CCCCN1S(=O)(=O)c1ccccc1C(=O)N1CCCCCC1. The Balaban J connectivity index is 1.93. The summed E-state index contributed by atoms with van der Waals surface area (Å²) in [5.41, 5.74) is 0.321. The Morgan fingerprint density at radius 1 is 0.960 bits per heavy atom. The van der Waals surface area contributed by atoms with Gasteiger partial charge in [-0.3, -0.25) is 4.79 Å². The van der Waals surface area contributed by atoms with E-state index in [2.05, 4.69) is 0 Å². The highest BCUT2D eigenvalue weighted by Gasteiger charge is 2.34. The summed E-state index contributed by atoms with van der Waals surface area (Å²) in [6.45, 7) is 3.92. The minimum absolute atomic E-state index is 0.0138. The number of piperidine rings is 1. The van der Waals surface area contributed by atoms with Crippen molar-refractivity contribution in [3.8, 4) is 0 Å². The summed E-state index contributed by atoms with van der Waals surface area (Å²) in [6.07, 6.45) is 7.06. The zero-order chi connectivity index (χ0) is 17.9. The molecule has 0 bridgehead atoms. The molecule has 1 amide bonds. The van der Waals surface area contributed by atoms with Crippen LogP contribution in [-0.4, -0.2) is 49.2 Å². The van der Waals surface area contributed by atoms with Crippen molar-refractivity contribution in [3.63, 3.8) is 0 Å². The lowest BCUT2D eigenvalue weighted by atomic mass is 10.1. The Labute approximate surface area is 151 Å². The van der Waals surface area contributed by atoms with Gasteiger partial charge in [0.2, 0.25) is 10.0 Å². The number of amides is 1. The predicted molar refractivity (Wildman–Crippen MR) is 98.0 cm³/mol. The molecule has 6 heteroatoms. The van der Waals surface area contributed by atoms with E-state index in [0.717, 1.165) is 44.9 Å². The Kier molecular flexibility index (Phi) is 5.79. The minimum atomic E-state index is -3.65. The first-order chi connectivity index (χ1) is 12.0. The molecule has 2 fully saturated rings. The van der Waals surface area contributed by atoms with E-state index in [4.69, 9.17) is 0 Å². The standard InChI is InChI=1S/C19H28N2O3S/c1-16-10-6-9-15-21(16)25(23,24)18-12-5-4-11-17(18)19(22)20-13-7-2-3-8-14-20/h4-5,11-12,16H,2-3,6-10,13-15H2,1H3/t16-/m1/s1. The smallest absolute Gasteiger partial charge is 0.255 e. The topological polar surface area (TPSA) is 57.7 Å². The molecule has 0 spiro atoms. The van der Waals surface area contributed by atoms with Crippen molar-refractivity contribution in [2.75, 3.05) is 19.6 Å². The van der Waals surface area contributed by atoms with Crippen LogP contribution in [0.15, 0.2) is 29.2 Å². The summed E-state index contributed by atoms with van der Waals surface area (Å²) in [5.74, 6) is -0.147. The summed E-state index contributed by atoms with van der Waals surface area (Å²) in [7, 11) is -3.65. The lowest BCUT2D eigenvalue weighted by Gasteiger charge is -2.33. The maximum Gasteiger partial charge on any atom is 0.255 e. The van der Waals surface area contributed by atoms with Gasteiger partial charge in [0.25, 0.3) is 5.91 Å². The zero-order valence-electron chi connectivity index (χ0n) is 15.0. The number of sulfonamides is 1. The van der Waals surface area contributed by atoms with Crippen molar-refractivity contribution in [1.82, 2.24) is 9.21 Å². The third-order valence-electron chi connectivity index (χ3n) is 5.34. The predicted octanol–water partition coefficient (Wildman–Crippen LogP) is 3.27. The zero-order valence-corrected chi connectivity index (χ0v) is 15.8. The van der Waals surface area contributed by atoms with Crippen LogP contribution in [0.1, 0.15) is 62.2 Å². The molecule has 0 radical (unpaired) electrons. The molecule has 0 aliphatic carbocycles. The Bertz CT molecular complexity index is 709. The molecule has 1 aromatic carbocycles. The second-order valence-electron chi connectivity index (χ2n) is 7.16. The number of nitrogens with zero attached hydrogens (tertiary/aromatic N) is 2. The molecule has 5 nitrogen and oxygen atoms in total. The van der Waals surface area contributed by atoms with Gasteiger partial charge < -0.3 is 4.90 Å². The average Bonchev–Trinajstić information content (AvgIpc) is 2.91. The van der Waals surface area contributed by atoms with E-state index in [1.165, 1.54) is 0 Å². The van der Waals surface area contributed by atoms with Crippen molar-refractivity contribution in [3.05, 3.63) is 29.8 Å². The van der Waals surface area contributed by atoms with Crippen LogP contribution in [0.2, 0.25) is 0 Å². The average molecular weight is 365 g/mol. The van der Waals surface area contributed by atoms with Crippen LogP contribution < -0.4 is 0 Å². The highest BCUT2D eigenvalue weighted by Crippen LogP contribution is 2.28. The Hall–Kier alpha value is -1.40. The van der Waals surface area contributed by atoms with Crippen LogP contribution in [0.3, 0.4) is 0 Å². The van der Waals surface area contributed by atoms with E-state index >= 15 is 0 Å². The summed E-state index contributed by atoms with van der Waals surface area (Å²) >= 11 is 0. The van der Waals surface area contributed by atoms with Crippen LogP contribution >= 0.6 is 0 Å². The second kappa shape index (κ2) is 7.87. The lowest BCUT2D eigenvalue weighted by molar-refractivity contribution is 0.0757. The fraction of sp³-hybridized carbons (Fsp3) is 0.632. The molecule has 0 aromatic heterocycles. The first kappa shape index (κ1) is 18.4. The number of likely N-dealkylation sites (tertiary alicyclic amines) is 1. The molecule has 2 saturated heterocycles. The van der Waals surface area contributed by atoms with Crippen molar-refractivity contribution in [2.45, 2.75) is 62.8 Å². The van der Waals surface area contributed by atoms with E-state index in [1.54, 1.807) is 28.6 Å². The van der Waals surface area contributed by atoms with E-state index in [0.29, 0.717) is 25.2 Å². The molecular formula is C19H28N2O3S. The maximum absolute atomic E-state index is 13.2. The number of carbonyl (C=O) groups excluding carboxylic acids is 1. The van der Waals surface area contributed by atoms with Gasteiger partial charge in [0, 0.05) is 25.7 Å². The van der Waals surface area contributed by atoms with Crippen LogP contribution in [0.5, 0.6) is 0 Å². The van der Waals surface area contributed by atoms with E-state index in [-0.39, 0.29) is 16.8 Å². The molecule has 138 valence electrons. The molecule has 0 saturated carbocycles. The summed E-state index contributed by atoms with van der Waals surface area (Å²) < 4.78 is 28.0. The normalized spacial score (nSPS) is 23.2. The first-order valence-electron chi connectivity index (χ1n) is 9.42. The van der Waals surface area contributed by atoms with Crippen LogP contribution in [0.25, 0.3) is 0 Å². The number of carbonyl (C=O) groups is 1. The van der Waals surface area contributed by atoms with Gasteiger partial charge in [-0.05, 0) is 44.7 Å². The highest BCUT2D eigenvalue weighted by molar-refractivity contribution is 7.89. The van der Waals surface area contributed by atoms with Gasteiger partial charge in [-0.1, -0.05) is 31.4 Å². The van der Waals surface area contributed by atoms with Gasteiger partial charge in [0.15, 0.2) is 0 Å². The Morgan fingerprint density at radius 2 is 1.60 bits per heavy atom. The molecule has 25 heavy (non-hydrogen) atoms. The molecule has 2 aliphatic rings.